The van der Waals surface area contributed by atoms with E-state index < -0.39 is 0 Å². The van der Waals surface area contributed by atoms with Crippen molar-refractivity contribution in [2.75, 3.05) is 19.0 Å². The van der Waals surface area contributed by atoms with Crippen LogP contribution in [0.5, 0.6) is 11.5 Å². The number of ether oxygens (including phenoxy) is 2. The van der Waals surface area contributed by atoms with Gasteiger partial charge in [-0.25, -0.2) is 0 Å². The molecule has 3 aromatic rings. The molecule has 0 atom stereocenters. The second-order valence-electron chi connectivity index (χ2n) is 5.93. The Morgan fingerprint density at radius 1 is 0.893 bits per heavy atom. The van der Waals surface area contributed by atoms with Gasteiger partial charge in [-0.3, -0.25) is 9.59 Å². The molecule has 3 aromatic carbocycles. The van der Waals surface area contributed by atoms with Crippen LogP contribution in [0.25, 0.3) is 0 Å². The van der Waals surface area contributed by atoms with Crippen LogP contribution in [0.3, 0.4) is 0 Å². The van der Waals surface area contributed by atoms with Crippen molar-refractivity contribution in [2.45, 2.75) is 0 Å². The molecule has 5 nitrogen and oxygen atoms in total. The highest BCUT2D eigenvalue weighted by atomic mass is 79.9. The second-order valence-corrected chi connectivity index (χ2v) is 6.84. The van der Waals surface area contributed by atoms with Crippen molar-refractivity contribution in [3.63, 3.8) is 0 Å². The number of carbonyl (C=O) groups excluding carboxylic acids is 2. The zero-order valence-electron chi connectivity index (χ0n) is 15.1. The van der Waals surface area contributed by atoms with Crippen LogP contribution >= 0.6 is 15.9 Å². The predicted octanol–water partition coefficient (Wildman–Crippen LogP) is 4.97. The number of ketones is 1. The summed E-state index contributed by atoms with van der Waals surface area (Å²) < 4.78 is 11.6. The van der Waals surface area contributed by atoms with Crippen molar-refractivity contribution in [1.82, 2.24) is 0 Å². The summed E-state index contributed by atoms with van der Waals surface area (Å²) in [5.74, 6) is 0.815. The lowest BCUT2D eigenvalue weighted by molar-refractivity contribution is 0.0921. The minimum absolute atomic E-state index is 0.0855. The lowest BCUT2D eigenvalue weighted by Gasteiger charge is -2.09. The van der Waals surface area contributed by atoms with Gasteiger partial charge in [0.25, 0.3) is 5.91 Å². The number of hydrogen-bond donors (Lipinski definition) is 1. The van der Waals surface area contributed by atoms with Gasteiger partial charge < -0.3 is 14.8 Å². The zero-order chi connectivity index (χ0) is 19.9. The average molecular weight is 440 g/mol. The maximum absolute atomic E-state index is 12.2. The van der Waals surface area contributed by atoms with Crippen molar-refractivity contribution >= 4 is 33.3 Å². The van der Waals surface area contributed by atoms with E-state index in [9.17, 15) is 9.59 Å². The number of hydrogen-bond acceptors (Lipinski definition) is 4. The Bertz CT molecular complexity index is 969. The first-order valence-corrected chi connectivity index (χ1v) is 9.31. The average Bonchev–Trinajstić information content (AvgIpc) is 2.73. The number of carbonyl (C=O) groups is 2. The quantitative estimate of drug-likeness (QED) is 0.527. The van der Waals surface area contributed by atoms with Gasteiger partial charge in [0.2, 0.25) is 0 Å². The Labute approximate surface area is 171 Å². The summed E-state index contributed by atoms with van der Waals surface area (Å²) in [6.45, 7) is -0.0855. The summed E-state index contributed by atoms with van der Waals surface area (Å²) in [6.07, 6.45) is 0. The summed E-state index contributed by atoms with van der Waals surface area (Å²) in [5, 5.41) is 2.82. The van der Waals surface area contributed by atoms with Crippen molar-refractivity contribution in [3.8, 4) is 11.5 Å². The van der Waals surface area contributed by atoms with E-state index in [4.69, 9.17) is 9.47 Å². The number of halogens is 1. The number of nitrogens with one attached hydrogen (secondary N) is 1. The molecule has 0 saturated heterocycles. The first-order valence-electron chi connectivity index (χ1n) is 8.52. The lowest BCUT2D eigenvalue weighted by Crippen LogP contribution is -2.12. The van der Waals surface area contributed by atoms with Crippen LogP contribution in [0.15, 0.2) is 77.3 Å². The lowest BCUT2D eigenvalue weighted by atomic mass is 10.1. The molecule has 1 amide bonds. The van der Waals surface area contributed by atoms with E-state index >= 15 is 0 Å². The molecule has 6 heteroatoms. The highest BCUT2D eigenvalue weighted by Crippen LogP contribution is 2.18. The minimum Gasteiger partial charge on any atom is -0.497 e. The molecule has 0 unspecified atom stereocenters. The van der Waals surface area contributed by atoms with E-state index in [2.05, 4.69) is 21.2 Å². The van der Waals surface area contributed by atoms with Gasteiger partial charge >= 0.3 is 0 Å². The number of benzene rings is 3. The Hall–Kier alpha value is -3.12. The monoisotopic (exact) mass is 439 g/mol. The molecule has 3 rings (SSSR count). The van der Waals surface area contributed by atoms with Crippen molar-refractivity contribution in [1.29, 1.82) is 0 Å². The molecule has 28 heavy (non-hydrogen) atoms. The molecule has 0 heterocycles. The number of Topliss-reactive ketones (excluding diaryl/α,β-unsaturated/α-hetero) is 1. The smallest absolute Gasteiger partial charge is 0.255 e. The van der Waals surface area contributed by atoms with Crippen LogP contribution in [0.4, 0.5) is 5.69 Å². The number of amides is 1. The first kappa shape index (κ1) is 19.6. The molecule has 0 aliphatic rings. The van der Waals surface area contributed by atoms with E-state index in [0.717, 1.165) is 4.47 Å². The van der Waals surface area contributed by atoms with Crippen molar-refractivity contribution in [3.05, 3.63) is 88.4 Å². The third-order valence-corrected chi connectivity index (χ3v) is 4.51. The van der Waals surface area contributed by atoms with Gasteiger partial charge in [0.1, 0.15) is 11.5 Å². The van der Waals surface area contributed by atoms with E-state index in [0.29, 0.717) is 28.3 Å². The Morgan fingerprint density at radius 3 is 2.29 bits per heavy atom. The highest BCUT2D eigenvalue weighted by Gasteiger charge is 2.09. The third kappa shape index (κ3) is 5.20. The first-order chi connectivity index (χ1) is 13.5. The SMILES string of the molecule is COc1cccc(C(=O)COc2ccc(NC(=O)c3ccc(Br)cc3)cc2)c1. The molecule has 0 aliphatic heterocycles. The van der Waals surface area contributed by atoms with Gasteiger partial charge in [0.15, 0.2) is 12.4 Å². The van der Waals surface area contributed by atoms with Crippen LogP contribution in [0, 0.1) is 0 Å². The Morgan fingerprint density at radius 2 is 1.61 bits per heavy atom. The predicted molar refractivity (Wildman–Crippen MR) is 111 cm³/mol. The van der Waals surface area contributed by atoms with Crippen molar-refractivity contribution < 1.29 is 19.1 Å². The summed E-state index contributed by atoms with van der Waals surface area (Å²) in [5.41, 5.74) is 1.73. The number of methoxy groups -OCH3 is 1. The summed E-state index contributed by atoms with van der Waals surface area (Å²) in [6, 6.07) is 20.9. The number of rotatable bonds is 7. The van der Waals surface area contributed by atoms with Crippen LogP contribution < -0.4 is 14.8 Å². The fourth-order valence-corrected chi connectivity index (χ4v) is 2.73. The van der Waals surface area contributed by atoms with Crippen LogP contribution in [0.1, 0.15) is 20.7 Å². The fraction of sp³-hybridized carbons (Fsp3) is 0.0909. The molecule has 0 aliphatic carbocycles. The Balaban J connectivity index is 1.56. The second kappa shape index (κ2) is 9.19. The van der Waals surface area contributed by atoms with Gasteiger partial charge in [0, 0.05) is 21.3 Å². The number of anilines is 1. The third-order valence-electron chi connectivity index (χ3n) is 3.98. The Kier molecular flexibility index (Phi) is 6.45. The molecule has 0 aromatic heterocycles. The molecule has 0 bridgehead atoms. The topological polar surface area (TPSA) is 64.6 Å². The van der Waals surface area contributed by atoms with E-state index in [-0.39, 0.29) is 18.3 Å². The van der Waals surface area contributed by atoms with Gasteiger partial charge in [-0.2, -0.15) is 0 Å². The normalized spacial score (nSPS) is 10.2. The zero-order valence-corrected chi connectivity index (χ0v) is 16.7. The molecule has 0 saturated carbocycles. The van der Waals surface area contributed by atoms with Gasteiger partial charge in [0.05, 0.1) is 7.11 Å². The highest BCUT2D eigenvalue weighted by molar-refractivity contribution is 9.10. The van der Waals surface area contributed by atoms with Gasteiger partial charge in [-0.05, 0) is 60.7 Å². The maximum atomic E-state index is 12.2. The summed E-state index contributed by atoms with van der Waals surface area (Å²) in [4.78, 5) is 24.5. The fourth-order valence-electron chi connectivity index (χ4n) is 2.47. The largest absolute Gasteiger partial charge is 0.497 e. The molecular weight excluding hydrogens is 422 g/mol. The van der Waals surface area contributed by atoms with E-state index in [1.54, 1.807) is 67.8 Å². The van der Waals surface area contributed by atoms with E-state index in [1.807, 2.05) is 12.1 Å². The molecule has 0 radical (unpaired) electrons. The van der Waals surface area contributed by atoms with Crippen LogP contribution in [-0.4, -0.2) is 25.4 Å². The van der Waals surface area contributed by atoms with Crippen molar-refractivity contribution in [2.24, 2.45) is 0 Å². The maximum Gasteiger partial charge on any atom is 0.255 e. The molecule has 142 valence electrons. The molecule has 1 N–H and O–H groups in total. The molecule has 0 fully saturated rings. The van der Waals surface area contributed by atoms with Crippen LogP contribution in [0.2, 0.25) is 0 Å². The van der Waals surface area contributed by atoms with Gasteiger partial charge in [-0.1, -0.05) is 28.1 Å². The summed E-state index contributed by atoms with van der Waals surface area (Å²) in [7, 11) is 1.55. The van der Waals surface area contributed by atoms with Gasteiger partial charge in [-0.15, -0.1) is 0 Å². The minimum atomic E-state index is -0.200. The molecular formula is C22H18BrNO4. The van der Waals surface area contributed by atoms with Crippen LogP contribution in [-0.2, 0) is 0 Å². The van der Waals surface area contributed by atoms with E-state index in [1.165, 1.54) is 0 Å². The standard InChI is InChI=1S/C22H18BrNO4/c1-27-20-4-2-3-16(13-20)21(25)14-28-19-11-9-18(10-12-19)24-22(26)15-5-7-17(23)8-6-15/h2-13H,14H2,1H3,(H,24,26). The molecule has 0 spiro atoms. The summed E-state index contributed by atoms with van der Waals surface area (Å²) >= 11 is 3.34.